The van der Waals surface area contributed by atoms with Gasteiger partial charge in [-0.3, -0.25) is 19.3 Å². The summed E-state index contributed by atoms with van der Waals surface area (Å²) in [5.41, 5.74) is 0.416. The Hall–Kier alpha value is -3.17. The number of para-hydroxylation sites is 1. The normalized spacial score (nSPS) is 13.8. The molecule has 182 valence electrons. The van der Waals surface area contributed by atoms with Crippen LogP contribution in [0.3, 0.4) is 0 Å². The maximum Gasteiger partial charge on any atom is 0.320 e. The maximum atomic E-state index is 12.7. The number of ether oxygens (including phenoxy) is 1. The van der Waals surface area contributed by atoms with E-state index in [0.29, 0.717) is 48.4 Å². The third-order valence-corrected chi connectivity index (χ3v) is 5.36. The third-order valence-electron chi connectivity index (χ3n) is 5.03. The number of hydrogen-bond acceptors (Lipinski definition) is 6. The quantitative estimate of drug-likeness (QED) is 0.476. The van der Waals surface area contributed by atoms with Crippen LogP contribution in [-0.4, -0.2) is 69.4 Å². The molecule has 2 aromatic rings. The van der Waals surface area contributed by atoms with Crippen LogP contribution in [0, 0.1) is 0 Å². The number of esters is 1. The van der Waals surface area contributed by atoms with Crippen LogP contribution >= 0.6 is 11.6 Å². The third kappa shape index (κ3) is 6.91. The van der Waals surface area contributed by atoms with Gasteiger partial charge < -0.3 is 19.5 Å². The highest BCUT2D eigenvalue weighted by atomic mass is 35.5. The summed E-state index contributed by atoms with van der Waals surface area (Å²) in [6.07, 6.45) is 4.72. The van der Waals surface area contributed by atoms with E-state index >= 15 is 0 Å². The van der Waals surface area contributed by atoms with Gasteiger partial charge in [-0.05, 0) is 40.0 Å². The number of imidazole rings is 1. The van der Waals surface area contributed by atoms with Crippen molar-refractivity contribution in [1.29, 1.82) is 0 Å². The van der Waals surface area contributed by atoms with E-state index in [2.05, 4.69) is 10.3 Å². The molecule has 0 aliphatic carbocycles. The standard InChI is InChI=1S/C24H30ClN5O4/c1-24(2,3)34-22(32)16-28(4)11-7-10-21(31)29-12-13-30-19(14-26-20(30)15-29)23(33)27-18-9-6-5-8-17(18)25/h5-10,14H,11-13,15-16H2,1-4H3,(H,27,33)/b10-7+. The number of rotatable bonds is 7. The lowest BCUT2D eigenvalue weighted by Crippen LogP contribution is -2.38. The largest absolute Gasteiger partial charge is 0.459 e. The van der Waals surface area contributed by atoms with Crippen LogP contribution in [0.15, 0.2) is 42.6 Å². The second-order valence-electron chi connectivity index (χ2n) is 9.09. The summed E-state index contributed by atoms with van der Waals surface area (Å²) in [6, 6.07) is 7.01. The van der Waals surface area contributed by atoms with E-state index < -0.39 is 5.60 Å². The van der Waals surface area contributed by atoms with Crippen LogP contribution in [0.2, 0.25) is 5.02 Å². The average Bonchev–Trinajstić information content (AvgIpc) is 3.17. The number of hydrogen-bond donors (Lipinski definition) is 1. The molecule has 0 saturated heterocycles. The number of nitrogens with zero attached hydrogens (tertiary/aromatic N) is 4. The van der Waals surface area contributed by atoms with Gasteiger partial charge >= 0.3 is 5.97 Å². The van der Waals surface area contributed by atoms with E-state index in [1.807, 2.05) is 25.3 Å². The number of anilines is 1. The van der Waals surface area contributed by atoms with Crippen molar-refractivity contribution in [2.24, 2.45) is 0 Å². The fourth-order valence-corrected chi connectivity index (χ4v) is 3.66. The number of benzene rings is 1. The number of halogens is 1. The lowest BCUT2D eigenvalue weighted by atomic mass is 10.2. The summed E-state index contributed by atoms with van der Waals surface area (Å²) in [4.78, 5) is 45.0. The summed E-state index contributed by atoms with van der Waals surface area (Å²) >= 11 is 6.12. The van der Waals surface area contributed by atoms with Crippen LogP contribution in [0.4, 0.5) is 5.69 Å². The fourth-order valence-electron chi connectivity index (χ4n) is 3.48. The first kappa shape index (κ1) is 25.5. The van der Waals surface area contributed by atoms with Crippen molar-refractivity contribution in [3.63, 3.8) is 0 Å². The molecule has 0 bridgehead atoms. The molecular weight excluding hydrogens is 458 g/mol. The number of fused-ring (bicyclic) bond motifs is 1. The molecule has 2 heterocycles. The second-order valence-corrected chi connectivity index (χ2v) is 9.50. The van der Waals surface area contributed by atoms with E-state index in [1.54, 1.807) is 47.2 Å². The van der Waals surface area contributed by atoms with Gasteiger partial charge in [0.05, 0.1) is 30.0 Å². The van der Waals surface area contributed by atoms with Gasteiger partial charge in [-0.25, -0.2) is 4.98 Å². The number of carbonyl (C=O) groups is 3. The summed E-state index contributed by atoms with van der Waals surface area (Å²) in [5.74, 6) is -0.132. The lowest BCUT2D eigenvalue weighted by Gasteiger charge is -2.27. The minimum absolute atomic E-state index is 0.135. The molecule has 2 amide bonds. The Morgan fingerprint density at radius 2 is 1.97 bits per heavy atom. The molecule has 0 fully saturated rings. The van der Waals surface area contributed by atoms with Crippen molar-refractivity contribution < 1.29 is 19.1 Å². The Balaban J connectivity index is 1.53. The van der Waals surface area contributed by atoms with Gasteiger partial charge in [0.2, 0.25) is 5.91 Å². The summed E-state index contributed by atoms with van der Waals surface area (Å²) < 4.78 is 7.11. The molecule has 1 aromatic carbocycles. The van der Waals surface area contributed by atoms with Gasteiger partial charge in [0, 0.05) is 25.7 Å². The molecule has 0 spiro atoms. The number of nitrogens with one attached hydrogen (secondary N) is 1. The maximum absolute atomic E-state index is 12.7. The van der Waals surface area contributed by atoms with Gasteiger partial charge in [0.1, 0.15) is 17.1 Å². The molecule has 10 heteroatoms. The van der Waals surface area contributed by atoms with Crippen molar-refractivity contribution in [2.45, 2.75) is 39.5 Å². The SMILES string of the molecule is CN(C/C=C/C(=O)N1CCn2c(C(=O)Nc3ccccc3Cl)cnc2C1)CC(=O)OC(C)(C)C. The van der Waals surface area contributed by atoms with Crippen molar-refractivity contribution in [1.82, 2.24) is 19.4 Å². The minimum atomic E-state index is -0.529. The monoisotopic (exact) mass is 487 g/mol. The first-order chi connectivity index (χ1) is 16.0. The Morgan fingerprint density at radius 3 is 2.68 bits per heavy atom. The number of likely N-dealkylation sites (N-methyl/N-ethyl adjacent to an activating group) is 1. The van der Waals surface area contributed by atoms with Gasteiger partial charge in [0.15, 0.2) is 0 Å². The topological polar surface area (TPSA) is 96.8 Å². The predicted octanol–water partition coefficient (Wildman–Crippen LogP) is 2.96. The lowest BCUT2D eigenvalue weighted by molar-refractivity contribution is -0.155. The molecule has 3 rings (SSSR count). The Bertz CT molecular complexity index is 1090. The van der Waals surface area contributed by atoms with E-state index in [0.717, 1.165) is 0 Å². The van der Waals surface area contributed by atoms with Crippen LogP contribution in [-0.2, 0) is 27.4 Å². The molecule has 1 aromatic heterocycles. The van der Waals surface area contributed by atoms with Gasteiger partial charge in [-0.15, -0.1) is 0 Å². The minimum Gasteiger partial charge on any atom is -0.459 e. The fraction of sp³-hybridized carbons (Fsp3) is 0.417. The molecule has 0 unspecified atom stereocenters. The van der Waals surface area contributed by atoms with Crippen molar-refractivity contribution >= 4 is 35.1 Å². The summed E-state index contributed by atoms with van der Waals surface area (Å²) in [5, 5.41) is 3.25. The molecule has 0 atom stereocenters. The highest BCUT2D eigenvalue weighted by molar-refractivity contribution is 6.33. The van der Waals surface area contributed by atoms with E-state index in [-0.39, 0.29) is 24.3 Å². The van der Waals surface area contributed by atoms with Crippen molar-refractivity contribution in [3.05, 3.63) is 59.2 Å². The number of carbonyl (C=O) groups excluding carboxylic acids is 3. The van der Waals surface area contributed by atoms with Crippen molar-refractivity contribution in [3.8, 4) is 0 Å². The Labute approximate surface area is 204 Å². The van der Waals surface area contributed by atoms with E-state index in [9.17, 15) is 14.4 Å². The van der Waals surface area contributed by atoms with Crippen LogP contribution in [0.25, 0.3) is 0 Å². The molecular formula is C24H30ClN5O4. The van der Waals surface area contributed by atoms with E-state index in [1.165, 1.54) is 12.3 Å². The van der Waals surface area contributed by atoms with Crippen LogP contribution in [0.1, 0.15) is 37.1 Å². The number of aromatic nitrogens is 2. The zero-order valence-electron chi connectivity index (χ0n) is 19.9. The number of amides is 2. The predicted molar refractivity (Wildman–Crippen MR) is 130 cm³/mol. The molecule has 9 nitrogen and oxygen atoms in total. The molecule has 1 aliphatic heterocycles. The van der Waals surface area contributed by atoms with Gasteiger partial charge in [-0.1, -0.05) is 29.8 Å². The molecule has 1 aliphatic rings. The van der Waals surface area contributed by atoms with Crippen LogP contribution in [0.5, 0.6) is 0 Å². The Morgan fingerprint density at radius 1 is 1.24 bits per heavy atom. The smallest absolute Gasteiger partial charge is 0.320 e. The second kappa shape index (κ2) is 10.8. The first-order valence-corrected chi connectivity index (χ1v) is 11.4. The summed E-state index contributed by atoms with van der Waals surface area (Å²) in [6.45, 7) is 7.24. The molecule has 34 heavy (non-hydrogen) atoms. The van der Waals surface area contributed by atoms with Gasteiger partial charge in [-0.2, -0.15) is 0 Å². The average molecular weight is 488 g/mol. The zero-order valence-corrected chi connectivity index (χ0v) is 20.6. The van der Waals surface area contributed by atoms with Crippen LogP contribution < -0.4 is 5.32 Å². The summed E-state index contributed by atoms with van der Waals surface area (Å²) in [7, 11) is 1.78. The molecule has 0 saturated carbocycles. The van der Waals surface area contributed by atoms with Crippen molar-refractivity contribution in [2.75, 3.05) is 32.0 Å². The van der Waals surface area contributed by atoms with E-state index in [4.69, 9.17) is 16.3 Å². The Kier molecular flexibility index (Phi) is 8.11. The first-order valence-electron chi connectivity index (χ1n) is 11.0. The van der Waals surface area contributed by atoms with Gasteiger partial charge in [0.25, 0.3) is 5.91 Å². The highest BCUT2D eigenvalue weighted by Crippen LogP contribution is 2.22. The molecule has 0 radical (unpaired) electrons. The zero-order chi connectivity index (χ0) is 24.9. The highest BCUT2D eigenvalue weighted by Gasteiger charge is 2.25. The molecule has 1 N–H and O–H groups in total.